The molecule has 31 heavy (non-hydrogen) atoms. The van der Waals surface area contributed by atoms with Crippen LogP contribution in [-0.2, 0) is 18.2 Å². The highest BCUT2D eigenvalue weighted by molar-refractivity contribution is 9.29. The minimum Gasteiger partial charge on any atom is -0.777 e. The van der Waals surface area contributed by atoms with Crippen LogP contribution in [0, 0.1) is 0 Å². The van der Waals surface area contributed by atoms with E-state index >= 15 is 0 Å². The zero-order valence-electron chi connectivity index (χ0n) is 15.1. The number of nitrogens with zero attached hydrogens (tertiary/aromatic N) is 4. The van der Waals surface area contributed by atoms with Gasteiger partial charge in [-0.1, -0.05) is 12.2 Å². The quantitative estimate of drug-likeness (QED) is 0.198. The normalized spacial score (nSPS) is 23.7. The number of alkyl halides is 2. The van der Waals surface area contributed by atoms with Gasteiger partial charge in [0.2, 0.25) is 0 Å². The molecule has 0 aromatic carbocycles. The summed E-state index contributed by atoms with van der Waals surface area (Å²) in [6, 6.07) is -0.293. The summed E-state index contributed by atoms with van der Waals surface area (Å²) in [5.41, 5.74) is 6.62. The third-order valence-electron chi connectivity index (χ3n) is 4.13. The van der Waals surface area contributed by atoms with E-state index in [-0.39, 0.29) is 18.3 Å². The van der Waals surface area contributed by atoms with Crippen LogP contribution in [0.4, 0.5) is 5.82 Å². The first-order chi connectivity index (χ1) is 14.1. The monoisotopic (exact) mass is 623 g/mol. The van der Waals surface area contributed by atoms with Gasteiger partial charge in [0.25, 0.3) is 0 Å². The highest BCUT2D eigenvalue weighted by Crippen LogP contribution is 2.80. The molecule has 0 saturated heterocycles. The average molecular weight is 625 g/mol. The van der Waals surface area contributed by atoms with Crippen LogP contribution in [0.25, 0.3) is 11.2 Å². The summed E-state index contributed by atoms with van der Waals surface area (Å²) in [5, 5.41) is 0. The number of fused-ring (bicyclic) bond motifs is 1. The van der Waals surface area contributed by atoms with Crippen LogP contribution in [0.3, 0.4) is 0 Å². The first kappa shape index (κ1) is 25.3. The van der Waals surface area contributed by atoms with E-state index in [2.05, 4.69) is 51.1 Å². The van der Waals surface area contributed by atoms with Crippen molar-refractivity contribution in [3.8, 4) is 0 Å². The van der Waals surface area contributed by atoms with Crippen LogP contribution < -0.4 is 20.4 Å². The number of allylic oxidation sites excluding steroid dienone is 1. The molecule has 2 aromatic rings. The Labute approximate surface area is 192 Å². The average Bonchev–Trinajstić information content (AvgIpc) is 3.25. The highest BCUT2D eigenvalue weighted by Gasteiger charge is 2.58. The van der Waals surface area contributed by atoms with Gasteiger partial charge in [-0.25, -0.2) is 15.0 Å². The fraction of sp³-hybridized carbons (Fsp3) is 0.417. The maximum Gasteiger partial charge on any atom is 0.399 e. The Hall–Kier alpha value is -0.340. The zero-order valence-corrected chi connectivity index (χ0v) is 20.9. The van der Waals surface area contributed by atoms with Crippen LogP contribution in [0.15, 0.2) is 24.8 Å². The lowest BCUT2D eigenvalue weighted by atomic mass is 10.2. The molecule has 0 amide bonds. The van der Waals surface area contributed by atoms with Crippen LogP contribution >= 0.6 is 55.0 Å². The number of hydrogen-bond acceptors (Lipinski definition) is 12. The van der Waals surface area contributed by atoms with E-state index in [9.17, 15) is 28.7 Å². The Morgan fingerprint density at radius 1 is 1.32 bits per heavy atom. The molecule has 0 fully saturated rings. The van der Waals surface area contributed by atoms with E-state index in [0.717, 1.165) is 0 Å². The molecule has 19 heteroatoms. The maximum atomic E-state index is 12.1. The predicted molar refractivity (Wildman–Crippen MR) is 111 cm³/mol. The lowest BCUT2D eigenvalue weighted by Gasteiger charge is -2.41. The van der Waals surface area contributed by atoms with E-state index in [1.54, 1.807) is 16.7 Å². The number of hydrogen-bond donors (Lipinski definition) is 3. The minimum atomic E-state index is -5.57. The molecule has 0 aliphatic heterocycles. The molecule has 0 bridgehead atoms. The fourth-order valence-electron chi connectivity index (χ4n) is 2.68. The topological polar surface area (TPSA) is 232 Å². The van der Waals surface area contributed by atoms with Gasteiger partial charge in [-0.2, -0.15) is 0 Å². The summed E-state index contributed by atoms with van der Waals surface area (Å²) >= 11 is 4.52. The molecule has 0 spiro atoms. The van der Waals surface area contributed by atoms with Crippen molar-refractivity contribution in [2.24, 2.45) is 0 Å². The largest absolute Gasteiger partial charge is 0.777 e. The molecule has 14 nitrogen and oxygen atoms in total. The smallest absolute Gasteiger partial charge is 0.399 e. The van der Waals surface area contributed by atoms with Crippen LogP contribution in [0.1, 0.15) is 12.5 Å². The molecule has 2 aromatic heterocycles. The van der Waals surface area contributed by atoms with Gasteiger partial charge in [0.15, 0.2) is 19.1 Å². The minimum absolute atomic E-state index is 0.205. The third kappa shape index (κ3) is 5.26. The van der Waals surface area contributed by atoms with Gasteiger partial charge in [0.1, 0.15) is 18.2 Å². The summed E-state index contributed by atoms with van der Waals surface area (Å²) in [6.45, 7) is 0. The molecule has 2 heterocycles. The second kappa shape index (κ2) is 8.79. The van der Waals surface area contributed by atoms with Gasteiger partial charge in [0, 0.05) is 6.42 Å². The first-order valence-corrected chi connectivity index (χ1v) is 14.6. The Morgan fingerprint density at radius 2 is 2.00 bits per heavy atom. The van der Waals surface area contributed by atoms with Gasteiger partial charge in [-0.05, 0) is 31.9 Å². The van der Waals surface area contributed by atoms with E-state index in [0.29, 0.717) is 11.2 Å². The third-order valence-corrected chi connectivity index (χ3v) is 14.7. The zero-order chi connectivity index (χ0) is 23.2. The van der Waals surface area contributed by atoms with Crippen molar-refractivity contribution in [3.63, 3.8) is 0 Å². The van der Waals surface area contributed by atoms with Crippen molar-refractivity contribution in [3.05, 3.63) is 24.8 Å². The van der Waals surface area contributed by atoms with Crippen LogP contribution in [0.2, 0.25) is 0 Å². The fourth-order valence-corrected chi connectivity index (χ4v) is 7.75. The first-order valence-electron chi connectivity index (χ1n) is 8.13. The molecule has 3 rings (SSSR count). The number of nitrogens with two attached hydrogens (primary N) is 1. The lowest BCUT2D eigenvalue weighted by molar-refractivity contribution is -0.331. The second-order valence-electron chi connectivity index (χ2n) is 6.35. The lowest BCUT2D eigenvalue weighted by Crippen LogP contribution is -2.35. The van der Waals surface area contributed by atoms with Crippen molar-refractivity contribution in [2.45, 2.75) is 21.3 Å². The molecule has 1 aliphatic rings. The molecule has 4 N–H and O–H groups in total. The van der Waals surface area contributed by atoms with E-state index in [1.807, 2.05) is 0 Å². The molecular formula is C12H14Br2N5O9P3-2. The highest BCUT2D eigenvalue weighted by atomic mass is 79.9. The molecule has 1 aliphatic carbocycles. The maximum absolute atomic E-state index is 12.1. The molecule has 0 radical (unpaired) electrons. The van der Waals surface area contributed by atoms with Crippen molar-refractivity contribution >= 4 is 72.0 Å². The van der Waals surface area contributed by atoms with Crippen LogP contribution in [0.5, 0.6) is 0 Å². The van der Waals surface area contributed by atoms with Gasteiger partial charge in [-0.15, -0.1) is 0 Å². The van der Waals surface area contributed by atoms with Crippen molar-refractivity contribution < 1.29 is 42.6 Å². The Kier molecular flexibility index (Phi) is 7.17. The Bertz CT molecular complexity index is 1110. The van der Waals surface area contributed by atoms with E-state index in [1.165, 1.54) is 12.7 Å². The van der Waals surface area contributed by atoms with Gasteiger partial charge in [-0.3, -0.25) is 13.8 Å². The van der Waals surface area contributed by atoms with Crippen molar-refractivity contribution in [1.29, 1.82) is 0 Å². The molecule has 172 valence electrons. The summed E-state index contributed by atoms with van der Waals surface area (Å²) in [7, 11) is -16.2. The second-order valence-corrected chi connectivity index (χ2v) is 18.2. The SMILES string of the molecule is Nc1ncnc2c1ncn2[C@H]1C=C[C@@H](OCP(=O)([O-])OP(=O)(O)C(Br)(Br)[P+]([O-])([O-])O)C1. The number of halogens is 2. The Balaban J connectivity index is 1.63. The van der Waals surface area contributed by atoms with Gasteiger partial charge >= 0.3 is 10.3 Å². The van der Waals surface area contributed by atoms with Crippen molar-refractivity contribution in [2.75, 3.05) is 12.1 Å². The Morgan fingerprint density at radius 3 is 2.65 bits per heavy atom. The number of anilines is 1. The molecular weight excluding hydrogens is 611 g/mol. The van der Waals surface area contributed by atoms with Crippen molar-refractivity contribution in [1.82, 2.24) is 19.5 Å². The molecule has 0 saturated carbocycles. The summed E-state index contributed by atoms with van der Waals surface area (Å²) in [6.07, 6.45) is 4.49. The van der Waals surface area contributed by atoms with Gasteiger partial charge in [0.05, 0.1) is 26.4 Å². The summed E-state index contributed by atoms with van der Waals surface area (Å²) in [5.74, 6) is 0.205. The summed E-state index contributed by atoms with van der Waals surface area (Å²) in [4.78, 5) is 65.4. The standard InChI is InChI=1S/C12H16Br2N5O9P3/c13-12(14,30(22,23)24)31(25,26)28-29(20,21)6-27-8-2-1-7(3-8)19-5-18-9-10(15)16-4-17-11(9)19/h1-2,4-5,7-8H,3,6H2,(H,20,21)(H,25,26)(H2,15,16,17)(H2,22,23,24)/p-2/t7-,8+/m0/s1. The number of nitrogen functional groups attached to an aromatic ring is 1. The number of aromatic nitrogens is 4. The number of rotatable bonds is 8. The molecule has 2 unspecified atom stereocenters. The van der Waals surface area contributed by atoms with Gasteiger partial charge < -0.3 is 39.2 Å². The molecule has 4 atom stereocenters. The van der Waals surface area contributed by atoms with Crippen LogP contribution in [-0.4, -0.2) is 44.5 Å². The van der Waals surface area contributed by atoms with E-state index in [4.69, 9.17) is 15.4 Å². The number of imidazole rings is 1. The predicted octanol–water partition coefficient (Wildman–Crippen LogP) is -0.116. The summed E-state index contributed by atoms with van der Waals surface area (Å²) < 4.78 is 32.1. The van der Waals surface area contributed by atoms with E-state index < -0.39 is 38.3 Å². The number of ether oxygens (including phenoxy) is 1.